The zero-order valence-corrected chi connectivity index (χ0v) is 15.4. The Hall–Kier alpha value is -3.28. The van der Waals surface area contributed by atoms with Crippen molar-refractivity contribution in [3.05, 3.63) is 59.4 Å². The summed E-state index contributed by atoms with van der Waals surface area (Å²) in [5, 5.41) is 13.0. The summed E-state index contributed by atoms with van der Waals surface area (Å²) in [4.78, 5) is 24.5. The van der Waals surface area contributed by atoms with Crippen LogP contribution in [0.3, 0.4) is 0 Å². The number of fused-ring (bicyclic) bond motifs is 1. The zero-order valence-electron chi connectivity index (χ0n) is 15.4. The molecule has 0 radical (unpaired) electrons. The predicted octanol–water partition coefficient (Wildman–Crippen LogP) is 3.87. The van der Waals surface area contributed by atoms with Gasteiger partial charge in [0.1, 0.15) is 11.3 Å². The molecule has 0 bridgehead atoms. The fourth-order valence-electron chi connectivity index (χ4n) is 2.84. The van der Waals surface area contributed by atoms with Gasteiger partial charge in [0, 0.05) is 22.7 Å². The number of rotatable bonds is 5. The Labute approximate surface area is 156 Å². The van der Waals surface area contributed by atoms with Crippen LogP contribution in [0.2, 0.25) is 0 Å². The van der Waals surface area contributed by atoms with Crippen LogP contribution in [0.5, 0.6) is 5.75 Å². The van der Waals surface area contributed by atoms with Crippen molar-refractivity contribution in [2.45, 2.75) is 33.3 Å². The first-order chi connectivity index (χ1) is 12.8. The van der Waals surface area contributed by atoms with Gasteiger partial charge in [-0.3, -0.25) is 9.59 Å². The molecule has 0 aliphatic carbocycles. The number of ether oxygens (including phenoxy) is 1. The number of hydrogen-bond acceptors (Lipinski definition) is 5. The molecule has 1 aromatic heterocycles. The van der Waals surface area contributed by atoms with Gasteiger partial charge in [0.2, 0.25) is 0 Å². The molecule has 1 heterocycles. The van der Waals surface area contributed by atoms with Gasteiger partial charge in [-0.2, -0.15) is 0 Å². The van der Waals surface area contributed by atoms with Crippen LogP contribution in [0.25, 0.3) is 11.0 Å². The quantitative estimate of drug-likeness (QED) is 0.668. The molecule has 0 aliphatic rings. The Morgan fingerprint density at radius 2 is 1.96 bits per heavy atom. The fourth-order valence-corrected chi connectivity index (χ4v) is 2.84. The van der Waals surface area contributed by atoms with Gasteiger partial charge in [-0.1, -0.05) is 17.7 Å². The number of aromatic hydroxyl groups is 1. The molecule has 0 fully saturated rings. The number of aryl methyl sites for hydroxylation is 2. The summed E-state index contributed by atoms with van der Waals surface area (Å²) in [5.41, 5.74) is 3.85. The van der Waals surface area contributed by atoms with E-state index >= 15 is 0 Å². The van der Waals surface area contributed by atoms with Crippen LogP contribution in [0.1, 0.15) is 23.6 Å². The molecule has 2 N–H and O–H groups in total. The number of amides is 1. The van der Waals surface area contributed by atoms with E-state index in [-0.39, 0.29) is 12.2 Å². The van der Waals surface area contributed by atoms with E-state index in [4.69, 9.17) is 9.15 Å². The second-order valence-electron chi connectivity index (χ2n) is 6.56. The minimum Gasteiger partial charge on any atom is -0.508 e. The maximum Gasteiger partial charge on any atom is 0.311 e. The van der Waals surface area contributed by atoms with Crippen LogP contribution in [-0.2, 0) is 20.7 Å². The first-order valence-corrected chi connectivity index (χ1v) is 8.60. The van der Waals surface area contributed by atoms with E-state index in [0.29, 0.717) is 16.8 Å². The van der Waals surface area contributed by atoms with Crippen molar-refractivity contribution in [2.75, 3.05) is 5.32 Å². The highest BCUT2D eigenvalue weighted by atomic mass is 16.5. The van der Waals surface area contributed by atoms with Crippen molar-refractivity contribution < 1.29 is 23.8 Å². The number of esters is 1. The standard InChI is InChI=1S/C21H21NO5/c1-12-4-7-18(13(2)8-12)22-21(25)14(3)27-20(24)9-15-11-26-19-10-16(23)5-6-17(15)19/h4-8,10-11,14,23H,9H2,1-3H3,(H,22,25)/t14-/m0/s1. The first-order valence-electron chi connectivity index (χ1n) is 8.60. The minimum atomic E-state index is -0.930. The summed E-state index contributed by atoms with van der Waals surface area (Å²) in [5.74, 6) is -0.839. The third-order valence-corrected chi connectivity index (χ3v) is 4.29. The summed E-state index contributed by atoms with van der Waals surface area (Å²) < 4.78 is 10.6. The Kier molecular flexibility index (Phi) is 5.16. The molecule has 0 unspecified atom stereocenters. The summed E-state index contributed by atoms with van der Waals surface area (Å²) in [6.45, 7) is 5.41. The maximum atomic E-state index is 12.3. The number of anilines is 1. The number of furan rings is 1. The van der Waals surface area contributed by atoms with Crippen molar-refractivity contribution in [2.24, 2.45) is 0 Å². The van der Waals surface area contributed by atoms with E-state index in [9.17, 15) is 14.7 Å². The second kappa shape index (κ2) is 7.53. The predicted molar refractivity (Wildman–Crippen MR) is 102 cm³/mol. The normalized spacial score (nSPS) is 12.0. The summed E-state index contributed by atoms with van der Waals surface area (Å²) in [7, 11) is 0. The second-order valence-corrected chi connectivity index (χ2v) is 6.56. The molecule has 6 heteroatoms. The molecule has 3 aromatic rings. The van der Waals surface area contributed by atoms with Crippen LogP contribution in [0, 0.1) is 13.8 Å². The maximum absolute atomic E-state index is 12.3. The van der Waals surface area contributed by atoms with Crippen LogP contribution < -0.4 is 5.32 Å². The van der Waals surface area contributed by atoms with Crippen molar-refractivity contribution in [1.82, 2.24) is 0 Å². The molecule has 3 rings (SSSR count). The lowest BCUT2D eigenvalue weighted by Gasteiger charge is -2.15. The molecule has 0 spiro atoms. The van der Waals surface area contributed by atoms with Gasteiger partial charge in [-0.05, 0) is 44.5 Å². The van der Waals surface area contributed by atoms with Gasteiger partial charge in [0.15, 0.2) is 6.10 Å². The van der Waals surface area contributed by atoms with Crippen molar-refractivity contribution >= 4 is 28.5 Å². The number of nitrogens with one attached hydrogen (secondary N) is 1. The number of phenolic OH excluding ortho intramolecular Hbond substituents is 1. The third-order valence-electron chi connectivity index (χ3n) is 4.29. The summed E-state index contributed by atoms with van der Waals surface area (Å²) in [6.07, 6.45) is 0.491. The van der Waals surface area contributed by atoms with Crippen LogP contribution in [0.15, 0.2) is 47.1 Å². The lowest BCUT2D eigenvalue weighted by molar-refractivity contribution is -0.152. The van der Waals surface area contributed by atoms with Crippen LogP contribution in [-0.4, -0.2) is 23.1 Å². The molecular weight excluding hydrogens is 346 g/mol. The van der Waals surface area contributed by atoms with Gasteiger partial charge in [-0.15, -0.1) is 0 Å². The first kappa shape index (κ1) is 18.5. The fraction of sp³-hybridized carbons (Fsp3) is 0.238. The van der Waals surface area contributed by atoms with Gasteiger partial charge < -0.3 is 19.6 Å². The molecular formula is C21H21NO5. The van der Waals surface area contributed by atoms with Crippen LogP contribution >= 0.6 is 0 Å². The highest BCUT2D eigenvalue weighted by molar-refractivity contribution is 5.96. The van der Waals surface area contributed by atoms with E-state index in [0.717, 1.165) is 16.5 Å². The van der Waals surface area contributed by atoms with Gasteiger partial charge in [-0.25, -0.2) is 0 Å². The van der Waals surface area contributed by atoms with Crippen molar-refractivity contribution in [3.63, 3.8) is 0 Å². The van der Waals surface area contributed by atoms with E-state index in [1.54, 1.807) is 6.07 Å². The van der Waals surface area contributed by atoms with Crippen molar-refractivity contribution in [3.8, 4) is 5.75 Å². The number of hydrogen-bond donors (Lipinski definition) is 2. The lowest BCUT2D eigenvalue weighted by atomic mass is 10.1. The van der Waals surface area contributed by atoms with E-state index in [1.165, 1.54) is 25.3 Å². The largest absolute Gasteiger partial charge is 0.508 e. The summed E-state index contributed by atoms with van der Waals surface area (Å²) in [6, 6.07) is 10.4. The van der Waals surface area contributed by atoms with Gasteiger partial charge in [0.05, 0.1) is 12.7 Å². The smallest absolute Gasteiger partial charge is 0.311 e. The third kappa shape index (κ3) is 4.28. The highest BCUT2D eigenvalue weighted by Crippen LogP contribution is 2.25. The number of phenols is 1. The van der Waals surface area contributed by atoms with Gasteiger partial charge in [0.25, 0.3) is 5.91 Å². The van der Waals surface area contributed by atoms with Gasteiger partial charge >= 0.3 is 5.97 Å². The SMILES string of the molecule is Cc1ccc(NC(=O)[C@H](C)OC(=O)Cc2coc3cc(O)ccc23)c(C)c1. The van der Waals surface area contributed by atoms with E-state index in [2.05, 4.69) is 5.32 Å². The monoisotopic (exact) mass is 367 g/mol. The average Bonchev–Trinajstić information content (AvgIpc) is 2.98. The minimum absolute atomic E-state index is 0.0288. The molecule has 0 saturated heterocycles. The summed E-state index contributed by atoms with van der Waals surface area (Å²) >= 11 is 0. The number of benzene rings is 2. The zero-order chi connectivity index (χ0) is 19.6. The van der Waals surface area contributed by atoms with E-state index < -0.39 is 18.0 Å². The molecule has 0 saturated carbocycles. The molecule has 1 amide bonds. The highest BCUT2D eigenvalue weighted by Gasteiger charge is 2.20. The van der Waals surface area contributed by atoms with Crippen LogP contribution in [0.4, 0.5) is 5.69 Å². The Bertz CT molecular complexity index is 1000. The number of carbonyl (C=O) groups excluding carboxylic acids is 2. The average molecular weight is 367 g/mol. The van der Waals surface area contributed by atoms with E-state index in [1.807, 2.05) is 32.0 Å². The molecule has 0 aliphatic heterocycles. The molecule has 1 atom stereocenters. The molecule has 27 heavy (non-hydrogen) atoms. The lowest BCUT2D eigenvalue weighted by Crippen LogP contribution is -2.30. The van der Waals surface area contributed by atoms with Crippen molar-refractivity contribution in [1.29, 1.82) is 0 Å². The molecule has 140 valence electrons. The Balaban J connectivity index is 1.61. The Morgan fingerprint density at radius 3 is 2.70 bits per heavy atom. The molecule has 2 aromatic carbocycles. The molecule has 6 nitrogen and oxygen atoms in total. The topological polar surface area (TPSA) is 88.8 Å². The Morgan fingerprint density at radius 1 is 1.19 bits per heavy atom. The number of carbonyl (C=O) groups is 2.